The second kappa shape index (κ2) is 8.78. The van der Waals surface area contributed by atoms with Crippen LogP contribution in [0.4, 0.5) is 0 Å². The first-order valence-corrected chi connectivity index (χ1v) is 7.79. The molecule has 3 N–H and O–H groups in total. The number of rotatable bonds is 7. The number of likely N-dealkylation sites (tertiary alicyclic amines) is 1. The van der Waals surface area contributed by atoms with Gasteiger partial charge >= 0.3 is 0 Å². The summed E-state index contributed by atoms with van der Waals surface area (Å²) in [5.74, 6) is 4.97. The number of hydrogen-bond donors (Lipinski definition) is 2. The lowest BCUT2D eigenvalue weighted by Crippen LogP contribution is -2.35. The van der Waals surface area contributed by atoms with Crippen LogP contribution in [0, 0.1) is 0 Å². The van der Waals surface area contributed by atoms with Crippen molar-refractivity contribution in [1.82, 2.24) is 10.3 Å². The number of nitrogens with two attached hydrogens (primary N) is 1. The second-order valence-corrected chi connectivity index (χ2v) is 5.79. The molecule has 0 aliphatic carbocycles. The van der Waals surface area contributed by atoms with Gasteiger partial charge in [-0.05, 0) is 51.6 Å². The Morgan fingerprint density at radius 1 is 1.35 bits per heavy atom. The Morgan fingerprint density at radius 3 is 2.65 bits per heavy atom. The maximum absolute atomic E-state index is 10.9. The molecule has 1 aliphatic heterocycles. The number of carbonyl (C=O) groups excluding carboxylic acids is 1. The molecule has 1 aliphatic rings. The number of thioether (sulfide) groups is 1. The highest BCUT2D eigenvalue weighted by atomic mass is 32.2. The van der Waals surface area contributed by atoms with Crippen molar-refractivity contribution >= 4 is 17.7 Å². The molecule has 4 nitrogen and oxygen atoms in total. The lowest BCUT2D eigenvalue weighted by atomic mass is 10.1. The fraction of sp³-hybridized carbons (Fsp3) is 0.917. The summed E-state index contributed by atoms with van der Waals surface area (Å²) in [6.45, 7) is 3.68. The summed E-state index contributed by atoms with van der Waals surface area (Å²) >= 11 is 2.00. The molecule has 0 spiro atoms. The van der Waals surface area contributed by atoms with Crippen molar-refractivity contribution in [1.29, 1.82) is 0 Å². The average Bonchev–Trinajstić information content (AvgIpc) is 2.38. The van der Waals surface area contributed by atoms with Gasteiger partial charge in [-0.25, -0.2) is 5.84 Å². The minimum atomic E-state index is -0.0502. The van der Waals surface area contributed by atoms with E-state index in [-0.39, 0.29) is 5.91 Å². The van der Waals surface area contributed by atoms with Crippen molar-refractivity contribution in [3.63, 3.8) is 0 Å². The molecule has 100 valence electrons. The average molecular weight is 259 g/mol. The molecule has 0 atom stereocenters. The fourth-order valence-corrected chi connectivity index (χ4v) is 2.92. The first kappa shape index (κ1) is 14.8. The van der Waals surface area contributed by atoms with Crippen LogP contribution in [0.3, 0.4) is 0 Å². The van der Waals surface area contributed by atoms with Gasteiger partial charge in [0, 0.05) is 11.7 Å². The van der Waals surface area contributed by atoms with E-state index in [4.69, 9.17) is 5.84 Å². The topological polar surface area (TPSA) is 58.4 Å². The van der Waals surface area contributed by atoms with Gasteiger partial charge in [0.1, 0.15) is 0 Å². The number of piperidine rings is 1. The Kier molecular flexibility index (Phi) is 7.64. The second-order valence-electron chi connectivity index (χ2n) is 4.65. The van der Waals surface area contributed by atoms with Crippen LogP contribution >= 0.6 is 11.8 Å². The first-order valence-electron chi connectivity index (χ1n) is 6.51. The zero-order valence-electron chi connectivity index (χ0n) is 10.8. The summed E-state index contributed by atoms with van der Waals surface area (Å²) in [4.78, 5) is 13.4. The third-order valence-electron chi connectivity index (χ3n) is 3.41. The molecule has 0 unspecified atom stereocenters. The van der Waals surface area contributed by atoms with E-state index < -0.39 is 0 Å². The molecule has 1 saturated heterocycles. The van der Waals surface area contributed by atoms with Crippen molar-refractivity contribution in [2.24, 2.45) is 5.84 Å². The van der Waals surface area contributed by atoms with Crippen LogP contribution in [-0.2, 0) is 4.79 Å². The molecule has 0 bridgehead atoms. The quantitative estimate of drug-likeness (QED) is 0.314. The van der Waals surface area contributed by atoms with Crippen LogP contribution in [0.1, 0.15) is 38.5 Å². The number of nitrogens with one attached hydrogen (secondary N) is 1. The van der Waals surface area contributed by atoms with Gasteiger partial charge in [-0.3, -0.25) is 10.2 Å². The molecular weight excluding hydrogens is 234 g/mol. The third-order valence-corrected chi connectivity index (χ3v) is 4.55. The van der Waals surface area contributed by atoms with Gasteiger partial charge in [-0.1, -0.05) is 6.42 Å². The summed E-state index contributed by atoms with van der Waals surface area (Å²) in [7, 11) is 0. The zero-order valence-corrected chi connectivity index (χ0v) is 11.6. The standard InChI is InChI=1S/C12H25N3OS/c1-17-11-6-9-15(10-7-11)8-4-2-3-5-12(16)14-13/h11H,2-10,13H2,1H3,(H,14,16). The lowest BCUT2D eigenvalue weighted by Gasteiger charge is -2.31. The monoisotopic (exact) mass is 259 g/mol. The number of nitrogens with zero attached hydrogens (tertiary/aromatic N) is 1. The normalized spacial score (nSPS) is 18.2. The molecule has 0 saturated carbocycles. The van der Waals surface area contributed by atoms with Crippen LogP contribution in [0.5, 0.6) is 0 Å². The highest BCUT2D eigenvalue weighted by molar-refractivity contribution is 7.99. The van der Waals surface area contributed by atoms with Crippen LogP contribution < -0.4 is 11.3 Å². The Bertz CT molecular complexity index is 218. The maximum Gasteiger partial charge on any atom is 0.233 e. The molecule has 0 aromatic carbocycles. The van der Waals surface area contributed by atoms with Gasteiger partial charge in [0.05, 0.1) is 0 Å². The summed E-state index contributed by atoms with van der Waals surface area (Å²) in [6, 6.07) is 0. The van der Waals surface area contributed by atoms with Gasteiger partial charge < -0.3 is 4.90 Å². The van der Waals surface area contributed by atoms with E-state index >= 15 is 0 Å². The Labute approximate surface area is 109 Å². The Hall–Kier alpha value is -0.260. The predicted octanol–water partition coefficient (Wildman–Crippen LogP) is 1.36. The smallest absolute Gasteiger partial charge is 0.233 e. The third kappa shape index (κ3) is 6.29. The van der Waals surface area contributed by atoms with Gasteiger partial charge in [-0.15, -0.1) is 0 Å². The highest BCUT2D eigenvalue weighted by Gasteiger charge is 2.17. The minimum Gasteiger partial charge on any atom is -0.303 e. The van der Waals surface area contributed by atoms with E-state index in [0.29, 0.717) is 6.42 Å². The molecule has 0 aromatic heterocycles. The summed E-state index contributed by atoms with van der Waals surface area (Å²) in [6.07, 6.45) is 8.70. The number of amides is 1. The Morgan fingerprint density at radius 2 is 2.06 bits per heavy atom. The van der Waals surface area contributed by atoms with Crippen molar-refractivity contribution in [2.75, 3.05) is 25.9 Å². The molecule has 1 fully saturated rings. The van der Waals surface area contributed by atoms with Crippen LogP contribution in [0.2, 0.25) is 0 Å². The van der Waals surface area contributed by atoms with Crippen molar-refractivity contribution in [3.05, 3.63) is 0 Å². The van der Waals surface area contributed by atoms with Crippen LogP contribution in [0.25, 0.3) is 0 Å². The number of hydrogen-bond acceptors (Lipinski definition) is 4. The maximum atomic E-state index is 10.9. The van der Waals surface area contributed by atoms with E-state index in [0.717, 1.165) is 18.1 Å². The van der Waals surface area contributed by atoms with Crippen LogP contribution in [0.15, 0.2) is 0 Å². The number of unbranched alkanes of at least 4 members (excludes halogenated alkanes) is 2. The molecule has 0 aromatic rings. The van der Waals surface area contributed by atoms with Gasteiger partial charge in [0.2, 0.25) is 5.91 Å². The van der Waals surface area contributed by atoms with Gasteiger partial charge in [0.25, 0.3) is 0 Å². The van der Waals surface area contributed by atoms with E-state index in [1.165, 1.54) is 38.9 Å². The van der Waals surface area contributed by atoms with E-state index in [9.17, 15) is 4.79 Å². The zero-order chi connectivity index (χ0) is 12.5. The van der Waals surface area contributed by atoms with E-state index in [1.54, 1.807) is 0 Å². The molecule has 1 amide bonds. The molecule has 1 heterocycles. The molecule has 0 radical (unpaired) electrons. The minimum absolute atomic E-state index is 0.0502. The number of carbonyl (C=O) groups is 1. The highest BCUT2D eigenvalue weighted by Crippen LogP contribution is 2.21. The predicted molar refractivity (Wildman–Crippen MR) is 73.8 cm³/mol. The van der Waals surface area contributed by atoms with E-state index in [2.05, 4.69) is 16.6 Å². The van der Waals surface area contributed by atoms with Crippen molar-refractivity contribution < 1.29 is 4.79 Å². The SMILES string of the molecule is CSC1CCN(CCCCCC(=O)NN)CC1. The van der Waals surface area contributed by atoms with Crippen molar-refractivity contribution in [3.8, 4) is 0 Å². The van der Waals surface area contributed by atoms with Gasteiger partial charge in [0.15, 0.2) is 0 Å². The van der Waals surface area contributed by atoms with Gasteiger partial charge in [-0.2, -0.15) is 11.8 Å². The number of hydrazine groups is 1. The summed E-state index contributed by atoms with van der Waals surface area (Å²) in [5, 5.41) is 0.875. The molecule has 1 rings (SSSR count). The summed E-state index contributed by atoms with van der Waals surface area (Å²) < 4.78 is 0. The van der Waals surface area contributed by atoms with Crippen LogP contribution in [-0.4, -0.2) is 41.9 Å². The molecule has 5 heteroatoms. The lowest BCUT2D eigenvalue weighted by molar-refractivity contribution is -0.121. The molecule has 17 heavy (non-hydrogen) atoms. The largest absolute Gasteiger partial charge is 0.303 e. The Balaban J connectivity index is 1.95. The summed E-state index contributed by atoms with van der Waals surface area (Å²) in [5.41, 5.74) is 2.16. The fourth-order valence-electron chi connectivity index (χ4n) is 2.24. The first-order chi connectivity index (χ1) is 8.26. The van der Waals surface area contributed by atoms with Crippen molar-refractivity contribution in [2.45, 2.75) is 43.8 Å². The molecular formula is C12H25N3OS. The van der Waals surface area contributed by atoms with E-state index in [1.807, 2.05) is 11.8 Å².